The third kappa shape index (κ3) is 71.3. The molecule has 0 heterocycles. The van der Waals surface area contributed by atoms with Crippen LogP contribution in [0.5, 0.6) is 0 Å². The lowest BCUT2D eigenvalue weighted by Gasteiger charge is -2.22. The molecular weight excluding hydrogens is 1040 g/mol. The van der Waals surface area contributed by atoms with Gasteiger partial charge in [0.05, 0.1) is 25.4 Å². The number of esters is 1. The number of hydrogen-bond acceptors (Lipinski definition) is 5. The maximum Gasteiger partial charge on any atom is 0.305 e. The lowest BCUT2D eigenvalue weighted by atomic mass is 10.0. The Morgan fingerprint density at radius 3 is 0.871 bits per heavy atom. The number of nitrogens with one attached hydrogen (secondary N) is 1. The minimum atomic E-state index is -0.663. The molecule has 0 aromatic carbocycles. The Labute approximate surface area is 532 Å². The Balaban J connectivity index is 3.35. The highest BCUT2D eigenvalue weighted by Crippen LogP contribution is 2.20. The first kappa shape index (κ1) is 83.3. The molecule has 6 heteroatoms. The van der Waals surface area contributed by atoms with Crippen LogP contribution in [0.3, 0.4) is 0 Å². The summed E-state index contributed by atoms with van der Waals surface area (Å²) in [5.74, 6) is -0.0162. The van der Waals surface area contributed by atoms with Gasteiger partial charge in [0.2, 0.25) is 5.91 Å². The van der Waals surface area contributed by atoms with Crippen molar-refractivity contribution in [3.8, 4) is 0 Å². The lowest BCUT2D eigenvalue weighted by Crippen LogP contribution is -2.45. The third-order valence-electron chi connectivity index (χ3n) is 18.5. The molecule has 1 amide bonds. The summed E-state index contributed by atoms with van der Waals surface area (Å²) < 4.78 is 5.47. The van der Waals surface area contributed by atoms with Crippen molar-refractivity contribution in [2.45, 2.75) is 456 Å². The molecule has 0 rings (SSSR count). The van der Waals surface area contributed by atoms with Gasteiger partial charge in [-0.2, -0.15) is 0 Å². The molecule has 2 unspecified atom stereocenters. The number of ether oxygens (including phenoxy) is 1. The Morgan fingerprint density at radius 2 is 0.565 bits per heavy atom. The van der Waals surface area contributed by atoms with E-state index in [0.717, 1.165) is 44.9 Å². The van der Waals surface area contributed by atoms with Crippen LogP contribution in [0, 0.1) is 0 Å². The summed E-state index contributed by atoms with van der Waals surface area (Å²) >= 11 is 0. The van der Waals surface area contributed by atoms with Crippen molar-refractivity contribution < 1.29 is 24.5 Å². The molecule has 0 spiro atoms. The van der Waals surface area contributed by atoms with E-state index in [2.05, 4.69) is 43.5 Å². The van der Waals surface area contributed by atoms with Crippen molar-refractivity contribution in [1.29, 1.82) is 0 Å². The summed E-state index contributed by atoms with van der Waals surface area (Å²) in [6, 6.07) is -0.540. The molecule has 0 fully saturated rings. The molecule has 0 aliphatic carbocycles. The SMILES string of the molecule is CCCC/C=C\CCCCCCCC(=O)OCCCCCCCCCCCCCCCC/C=C\CCCCCCCCCCCCCCCCCCCC(=O)NC(CO)C(O)CCCCCCCCCCCCCCCCCCCCCCCC. The minimum absolute atomic E-state index is 0.00981. The van der Waals surface area contributed by atoms with Gasteiger partial charge in [-0.25, -0.2) is 0 Å². The second kappa shape index (κ2) is 74.8. The topological polar surface area (TPSA) is 95.9 Å². The first-order valence-corrected chi connectivity index (χ1v) is 39.1. The summed E-state index contributed by atoms with van der Waals surface area (Å²) in [6.45, 7) is 4.96. The predicted molar refractivity (Wildman–Crippen MR) is 375 cm³/mol. The number of hydrogen-bond donors (Lipinski definition) is 3. The molecule has 0 aliphatic rings. The Morgan fingerprint density at radius 1 is 0.318 bits per heavy atom. The fourth-order valence-corrected chi connectivity index (χ4v) is 12.5. The molecule has 0 radical (unpaired) electrons. The fourth-order valence-electron chi connectivity index (χ4n) is 12.5. The molecule has 0 saturated heterocycles. The molecule has 504 valence electrons. The van der Waals surface area contributed by atoms with E-state index >= 15 is 0 Å². The molecule has 3 N–H and O–H groups in total. The van der Waals surface area contributed by atoms with Crippen molar-refractivity contribution in [2.24, 2.45) is 0 Å². The second-order valence-corrected chi connectivity index (χ2v) is 27.0. The van der Waals surface area contributed by atoms with Crippen LogP contribution in [0.4, 0.5) is 0 Å². The number of carbonyl (C=O) groups excluding carboxylic acids is 2. The van der Waals surface area contributed by atoms with Crippen molar-refractivity contribution >= 4 is 11.9 Å². The Bertz CT molecular complexity index is 1330. The van der Waals surface area contributed by atoms with E-state index in [4.69, 9.17) is 4.74 Å². The standard InChI is InChI=1S/C79H153NO5/c1-3-5-7-9-11-13-15-16-17-18-19-20-36-39-42-45-48-52-55-59-63-67-71-77(82)76(75-81)80-78(83)72-68-64-60-56-53-49-46-43-40-37-34-32-30-28-26-24-22-21-23-25-27-29-31-33-35-38-41-44-47-50-54-58-62-66-70-74-85-79(84)73-69-65-61-57-51-14-12-10-8-6-4-2/h10,12,23,25,76-77,81-82H,3-9,11,13-22,24,26-75H2,1-2H3,(H,80,83)/b12-10-,25-23-. The Hall–Kier alpha value is -1.66. The lowest BCUT2D eigenvalue weighted by molar-refractivity contribution is -0.143. The zero-order valence-corrected chi connectivity index (χ0v) is 57.9. The highest BCUT2D eigenvalue weighted by Gasteiger charge is 2.20. The van der Waals surface area contributed by atoms with Gasteiger partial charge in [0.25, 0.3) is 0 Å². The average molecular weight is 1200 g/mol. The maximum atomic E-state index is 12.6. The third-order valence-corrected chi connectivity index (χ3v) is 18.5. The van der Waals surface area contributed by atoms with E-state index < -0.39 is 12.1 Å². The smallest absolute Gasteiger partial charge is 0.305 e. The van der Waals surface area contributed by atoms with E-state index in [0.29, 0.717) is 25.9 Å². The number of amides is 1. The molecule has 2 atom stereocenters. The summed E-state index contributed by atoms with van der Waals surface area (Å²) in [5, 5.41) is 23.5. The molecule has 85 heavy (non-hydrogen) atoms. The summed E-state index contributed by atoms with van der Waals surface area (Å²) in [7, 11) is 0. The van der Waals surface area contributed by atoms with E-state index in [1.165, 1.54) is 366 Å². The van der Waals surface area contributed by atoms with Gasteiger partial charge in [-0.05, 0) is 70.6 Å². The van der Waals surface area contributed by atoms with Gasteiger partial charge in [0.1, 0.15) is 0 Å². The summed E-state index contributed by atoms with van der Waals surface area (Å²) in [5.41, 5.74) is 0. The Kier molecular flexibility index (Phi) is 73.3. The van der Waals surface area contributed by atoms with Gasteiger partial charge in [-0.15, -0.1) is 0 Å². The van der Waals surface area contributed by atoms with E-state index in [9.17, 15) is 19.8 Å². The maximum absolute atomic E-state index is 12.6. The zero-order chi connectivity index (χ0) is 61.3. The van der Waals surface area contributed by atoms with Crippen LogP contribution in [-0.2, 0) is 14.3 Å². The average Bonchev–Trinajstić information content (AvgIpc) is 3.54. The summed E-state index contributed by atoms with van der Waals surface area (Å²) in [4.78, 5) is 24.6. The van der Waals surface area contributed by atoms with Crippen LogP contribution in [0.2, 0.25) is 0 Å². The van der Waals surface area contributed by atoms with E-state index in [1.807, 2.05) is 0 Å². The van der Waals surface area contributed by atoms with Crippen LogP contribution in [0.15, 0.2) is 24.3 Å². The van der Waals surface area contributed by atoms with Gasteiger partial charge >= 0.3 is 5.97 Å². The molecule has 0 saturated carbocycles. The van der Waals surface area contributed by atoms with E-state index in [1.54, 1.807) is 0 Å². The molecule has 0 aliphatic heterocycles. The van der Waals surface area contributed by atoms with Gasteiger partial charge < -0.3 is 20.3 Å². The number of aliphatic hydroxyl groups excluding tert-OH is 2. The van der Waals surface area contributed by atoms with Crippen LogP contribution < -0.4 is 5.32 Å². The molecule has 0 aromatic heterocycles. The first-order chi connectivity index (χ1) is 42.0. The zero-order valence-electron chi connectivity index (χ0n) is 57.9. The summed E-state index contributed by atoms with van der Waals surface area (Å²) in [6.07, 6.45) is 95.6. The van der Waals surface area contributed by atoms with Crippen molar-refractivity contribution in [3.05, 3.63) is 24.3 Å². The number of allylic oxidation sites excluding steroid dienone is 4. The normalized spacial score (nSPS) is 12.6. The first-order valence-electron chi connectivity index (χ1n) is 39.1. The quantitative estimate of drug-likeness (QED) is 0.0320. The van der Waals surface area contributed by atoms with Crippen molar-refractivity contribution in [3.63, 3.8) is 0 Å². The number of aliphatic hydroxyl groups is 2. The highest BCUT2D eigenvalue weighted by molar-refractivity contribution is 5.76. The van der Waals surface area contributed by atoms with Crippen LogP contribution in [0.1, 0.15) is 444 Å². The largest absolute Gasteiger partial charge is 0.466 e. The molecule has 0 bridgehead atoms. The van der Waals surface area contributed by atoms with E-state index in [-0.39, 0.29) is 18.5 Å². The minimum Gasteiger partial charge on any atom is -0.466 e. The van der Waals surface area contributed by atoms with Crippen LogP contribution in [0.25, 0.3) is 0 Å². The van der Waals surface area contributed by atoms with Gasteiger partial charge in [-0.1, -0.05) is 385 Å². The number of unbranched alkanes of at least 4 members (excludes halogenated alkanes) is 59. The molecular formula is C79H153NO5. The second-order valence-electron chi connectivity index (χ2n) is 27.0. The fraction of sp³-hybridized carbons (Fsp3) is 0.924. The molecule has 6 nitrogen and oxygen atoms in total. The van der Waals surface area contributed by atoms with Crippen LogP contribution in [-0.4, -0.2) is 47.4 Å². The molecule has 0 aromatic rings. The van der Waals surface area contributed by atoms with Gasteiger partial charge in [0, 0.05) is 12.8 Å². The highest BCUT2D eigenvalue weighted by atomic mass is 16.5. The number of carbonyl (C=O) groups is 2. The van der Waals surface area contributed by atoms with Crippen molar-refractivity contribution in [1.82, 2.24) is 5.32 Å². The van der Waals surface area contributed by atoms with Crippen molar-refractivity contribution in [2.75, 3.05) is 13.2 Å². The predicted octanol–water partition coefficient (Wildman–Crippen LogP) is 25.7. The number of rotatable bonds is 74. The van der Waals surface area contributed by atoms with Crippen LogP contribution >= 0.6 is 0 Å². The van der Waals surface area contributed by atoms with Gasteiger partial charge in [-0.3, -0.25) is 9.59 Å². The van der Waals surface area contributed by atoms with Gasteiger partial charge in [0.15, 0.2) is 0 Å². The monoisotopic (exact) mass is 1200 g/mol.